The van der Waals surface area contributed by atoms with Gasteiger partial charge in [-0.2, -0.15) is 5.26 Å². The van der Waals surface area contributed by atoms with E-state index in [2.05, 4.69) is 10.6 Å². The van der Waals surface area contributed by atoms with Crippen LogP contribution in [0.1, 0.15) is 11.1 Å². The summed E-state index contributed by atoms with van der Waals surface area (Å²) in [6.07, 6.45) is 0. The molecule has 2 aromatic rings. The van der Waals surface area contributed by atoms with Gasteiger partial charge in [0.15, 0.2) is 0 Å². The molecule has 2 N–H and O–H groups in total. The lowest BCUT2D eigenvalue weighted by molar-refractivity contribution is 0.251. The van der Waals surface area contributed by atoms with Crippen LogP contribution in [0.25, 0.3) is 0 Å². The van der Waals surface area contributed by atoms with Crippen molar-refractivity contribution >= 4 is 11.7 Å². The molecular formula is C15H12FN3O. The van der Waals surface area contributed by atoms with Crippen LogP contribution >= 0.6 is 0 Å². The fraction of sp³-hybridized carbons (Fsp3) is 0.0667. The average molecular weight is 269 g/mol. The van der Waals surface area contributed by atoms with Gasteiger partial charge in [0.2, 0.25) is 0 Å². The second-order valence-corrected chi connectivity index (χ2v) is 4.13. The molecule has 0 fully saturated rings. The standard InChI is InChI=1S/C15H12FN3O/c16-13-2-1-3-14(8-13)19-15(20)18-10-12-6-4-11(9-17)5-7-12/h1-8H,10H2,(H2,18,19,20). The molecule has 0 aliphatic carbocycles. The third kappa shape index (κ3) is 3.82. The third-order valence-corrected chi connectivity index (χ3v) is 2.62. The Morgan fingerprint density at radius 1 is 1.20 bits per heavy atom. The second-order valence-electron chi connectivity index (χ2n) is 4.13. The lowest BCUT2D eigenvalue weighted by Crippen LogP contribution is -2.28. The van der Waals surface area contributed by atoms with E-state index in [1.54, 1.807) is 30.3 Å². The zero-order valence-electron chi connectivity index (χ0n) is 10.6. The first kappa shape index (κ1) is 13.6. The Labute approximate surface area is 115 Å². The van der Waals surface area contributed by atoms with E-state index in [9.17, 15) is 9.18 Å². The van der Waals surface area contributed by atoms with Crippen molar-refractivity contribution in [3.8, 4) is 6.07 Å². The van der Waals surface area contributed by atoms with Crippen LogP contribution in [0.5, 0.6) is 0 Å². The van der Waals surface area contributed by atoms with Crippen LogP contribution in [0.2, 0.25) is 0 Å². The first-order valence-corrected chi connectivity index (χ1v) is 5.97. The van der Waals surface area contributed by atoms with Crippen molar-refractivity contribution in [1.29, 1.82) is 5.26 Å². The highest BCUT2D eigenvalue weighted by Gasteiger charge is 2.02. The molecule has 5 heteroatoms. The Bertz CT molecular complexity index is 647. The predicted molar refractivity (Wildman–Crippen MR) is 73.4 cm³/mol. The largest absolute Gasteiger partial charge is 0.334 e. The second kappa shape index (κ2) is 6.34. The quantitative estimate of drug-likeness (QED) is 0.899. The maximum atomic E-state index is 12.9. The van der Waals surface area contributed by atoms with E-state index in [0.717, 1.165) is 5.56 Å². The summed E-state index contributed by atoms with van der Waals surface area (Å²) in [4.78, 5) is 11.6. The monoisotopic (exact) mass is 269 g/mol. The van der Waals surface area contributed by atoms with Gasteiger partial charge in [-0.15, -0.1) is 0 Å². The van der Waals surface area contributed by atoms with Gasteiger partial charge < -0.3 is 10.6 Å². The van der Waals surface area contributed by atoms with Crippen molar-refractivity contribution in [2.24, 2.45) is 0 Å². The van der Waals surface area contributed by atoms with Crippen LogP contribution in [0.15, 0.2) is 48.5 Å². The van der Waals surface area contributed by atoms with Gasteiger partial charge in [-0.05, 0) is 35.9 Å². The Kier molecular flexibility index (Phi) is 4.30. The van der Waals surface area contributed by atoms with E-state index in [-0.39, 0.29) is 0 Å². The van der Waals surface area contributed by atoms with Gasteiger partial charge in [0.05, 0.1) is 11.6 Å². The predicted octanol–water partition coefficient (Wildman–Crippen LogP) is 3.02. The summed E-state index contributed by atoms with van der Waals surface area (Å²) in [6, 6.07) is 14.2. The number of nitrogens with zero attached hydrogens (tertiary/aromatic N) is 1. The molecule has 0 bridgehead atoms. The molecule has 20 heavy (non-hydrogen) atoms. The zero-order valence-corrected chi connectivity index (χ0v) is 10.6. The minimum absolute atomic E-state index is 0.326. The Morgan fingerprint density at radius 3 is 2.60 bits per heavy atom. The normalized spacial score (nSPS) is 9.60. The highest BCUT2D eigenvalue weighted by atomic mass is 19.1. The molecule has 0 unspecified atom stereocenters. The summed E-state index contributed by atoms with van der Waals surface area (Å²) in [5.74, 6) is -0.408. The number of benzene rings is 2. The number of amides is 2. The van der Waals surface area contributed by atoms with Gasteiger partial charge >= 0.3 is 6.03 Å². The summed E-state index contributed by atoms with van der Waals surface area (Å²) < 4.78 is 12.9. The fourth-order valence-corrected chi connectivity index (χ4v) is 1.62. The maximum Gasteiger partial charge on any atom is 0.319 e. The summed E-state index contributed by atoms with van der Waals surface area (Å²) in [5, 5.41) is 13.9. The molecule has 0 aliphatic rings. The number of nitriles is 1. The molecule has 0 aromatic heterocycles. The lowest BCUT2D eigenvalue weighted by Gasteiger charge is -2.07. The molecular weight excluding hydrogens is 257 g/mol. The number of urea groups is 1. The minimum atomic E-state index is -0.417. The SMILES string of the molecule is N#Cc1ccc(CNC(=O)Nc2cccc(F)c2)cc1. The van der Waals surface area contributed by atoms with Crippen molar-refractivity contribution in [1.82, 2.24) is 5.32 Å². The highest BCUT2D eigenvalue weighted by molar-refractivity contribution is 5.89. The Morgan fingerprint density at radius 2 is 1.95 bits per heavy atom. The third-order valence-electron chi connectivity index (χ3n) is 2.62. The molecule has 0 atom stereocenters. The van der Waals surface area contributed by atoms with Gasteiger partial charge in [-0.3, -0.25) is 0 Å². The summed E-state index contributed by atoms with van der Waals surface area (Å²) in [6.45, 7) is 0.326. The number of anilines is 1. The van der Waals surface area contributed by atoms with E-state index in [0.29, 0.717) is 17.8 Å². The van der Waals surface area contributed by atoms with Crippen LogP contribution in [0.3, 0.4) is 0 Å². The van der Waals surface area contributed by atoms with E-state index >= 15 is 0 Å². The molecule has 0 aliphatic heterocycles. The van der Waals surface area contributed by atoms with Crippen LogP contribution in [0, 0.1) is 17.1 Å². The molecule has 0 saturated heterocycles. The number of carbonyl (C=O) groups excluding carboxylic acids is 1. The number of rotatable bonds is 3. The Balaban J connectivity index is 1.87. The molecule has 0 radical (unpaired) electrons. The fourth-order valence-electron chi connectivity index (χ4n) is 1.62. The summed E-state index contributed by atoms with van der Waals surface area (Å²) >= 11 is 0. The summed E-state index contributed by atoms with van der Waals surface area (Å²) in [7, 11) is 0. The molecule has 0 saturated carbocycles. The molecule has 2 amide bonds. The number of nitrogens with one attached hydrogen (secondary N) is 2. The van der Waals surface area contributed by atoms with E-state index < -0.39 is 11.8 Å². The zero-order chi connectivity index (χ0) is 14.4. The summed E-state index contributed by atoms with van der Waals surface area (Å²) in [5.41, 5.74) is 1.83. The van der Waals surface area contributed by atoms with Crippen molar-refractivity contribution in [2.45, 2.75) is 6.54 Å². The maximum absolute atomic E-state index is 12.9. The number of hydrogen-bond acceptors (Lipinski definition) is 2. The van der Waals surface area contributed by atoms with Crippen molar-refractivity contribution in [3.05, 3.63) is 65.5 Å². The van der Waals surface area contributed by atoms with Crippen molar-refractivity contribution < 1.29 is 9.18 Å². The topological polar surface area (TPSA) is 64.9 Å². The number of hydrogen-bond donors (Lipinski definition) is 2. The smallest absolute Gasteiger partial charge is 0.319 e. The average Bonchev–Trinajstić information content (AvgIpc) is 2.46. The van der Waals surface area contributed by atoms with Gasteiger partial charge in [-0.1, -0.05) is 18.2 Å². The first-order chi connectivity index (χ1) is 9.67. The molecule has 2 rings (SSSR count). The molecule has 100 valence electrons. The van der Waals surface area contributed by atoms with Gasteiger partial charge in [0.25, 0.3) is 0 Å². The highest BCUT2D eigenvalue weighted by Crippen LogP contribution is 2.09. The van der Waals surface area contributed by atoms with Gasteiger partial charge in [-0.25, -0.2) is 9.18 Å². The Hall–Kier alpha value is -2.87. The molecule has 0 heterocycles. The van der Waals surface area contributed by atoms with Crippen molar-refractivity contribution in [3.63, 3.8) is 0 Å². The number of halogens is 1. The van der Waals surface area contributed by atoms with E-state index in [1.165, 1.54) is 18.2 Å². The van der Waals surface area contributed by atoms with Crippen LogP contribution < -0.4 is 10.6 Å². The van der Waals surface area contributed by atoms with Crippen LogP contribution in [0.4, 0.5) is 14.9 Å². The molecule has 4 nitrogen and oxygen atoms in total. The van der Waals surface area contributed by atoms with Crippen LogP contribution in [-0.2, 0) is 6.54 Å². The minimum Gasteiger partial charge on any atom is -0.334 e. The van der Waals surface area contributed by atoms with E-state index in [4.69, 9.17) is 5.26 Å². The van der Waals surface area contributed by atoms with E-state index in [1.807, 2.05) is 6.07 Å². The molecule has 2 aromatic carbocycles. The number of carbonyl (C=O) groups is 1. The van der Waals surface area contributed by atoms with Crippen molar-refractivity contribution in [2.75, 3.05) is 5.32 Å². The first-order valence-electron chi connectivity index (χ1n) is 5.97. The van der Waals surface area contributed by atoms with Gasteiger partial charge in [0, 0.05) is 12.2 Å². The molecule has 0 spiro atoms. The van der Waals surface area contributed by atoms with Gasteiger partial charge in [0.1, 0.15) is 5.82 Å². The lowest BCUT2D eigenvalue weighted by atomic mass is 10.1. The van der Waals surface area contributed by atoms with Crippen LogP contribution in [-0.4, -0.2) is 6.03 Å².